The van der Waals surface area contributed by atoms with Crippen LogP contribution in [0.5, 0.6) is 0 Å². The third kappa shape index (κ3) is 7.70. The summed E-state index contributed by atoms with van der Waals surface area (Å²) in [5, 5.41) is 10.5. The van der Waals surface area contributed by atoms with Gasteiger partial charge in [-0.2, -0.15) is 5.06 Å². The highest BCUT2D eigenvalue weighted by molar-refractivity contribution is 6.01. The number of aliphatic hydroxyl groups excluding tert-OH is 1. The summed E-state index contributed by atoms with van der Waals surface area (Å²) in [7, 11) is 0. The Hall–Kier alpha value is -3.39. The first-order chi connectivity index (χ1) is 15.2. The Morgan fingerprint density at radius 1 is 0.719 bits per heavy atom. The summed E-state index contributed by atoms with van der Waals surface area (Å²) in [6.45, 7) is -0.579. The van der Waals surface area contributed by atoms with Crippen LogP contribution in [-0.4, -0.2) is 76.3 Å². The third-order valence-corrected chi connectivity index (χ3v) is 4.17. The fourth-order valence-corrected chi connectivity index (χ4v) is 2.55. The number of ether oxygens (including phenoxy) is 2. The average Bonchev–Trinajstić information content (AvgIpc) is 3.24. The van der Waals surface area contributed by atoms with Crippen LogP contribution in [0.25, 0.3) is 0 Å². The van der Waals surface area contributed by atoms with E-state index in [1.54, 1.807) is 0 Å². The molecule has 14 nitrogen and oxygen atoms in total. The number of carbonyl (C=O) groups is 7. The lowest BCUT2D eigenvalue weighted by Crippen LogP contribution is -2.34. The molecule has 2 heterocycles. The number of carbonyl (C=O) groups excluding carboxylic acids is 7. The number of amides is 4. The van der Waals surface area contributed by atoms with Crippen LogP contribution in [0.15, 0.2) is 0 Å². The first kappa shape index (κ1) is 24.9. The Morgan fingerprint density at radius 3 is 1.69 bits per heavy atom. The molecule has 1 N–H and O–H groups in total. The first-order valence-corrected chi connectivity index (χ1v) is 9.76. The fraction of sp³-hybridized carbons (Fsp3) is 0.611. The van der Waals surface area contributed by atoms with E-state index in [1.807, 2.05) is 0 Å². The van der Waals surface area contributed by atoms with Crippen molar-refractivity contribution < 1.29 is 57.8 Å². The molecule has 1 unspecified atom stereocenters. The van der Waals surface area contributed by atoms with Gasteiger partial charge in [0, 0.05) is 32.1 Å². The molecule has 1 atom stereocenters. The van der Waals surface area contributed by atoms with Gasteiger partial charge in [0.2, 0.25) is 0 Å². The van der Waals surface area contributed by atoms with Crippen LogP contribution in [0.3, 0.4) is 0 Å². The minimum Gasteiger partial charge on any atom is -0.462 e. The Morgan fingerprint density at radius 2 is 1.16 bits per heavy atom. The van der Waals surface area contributed by atoms with Gasteiger partial charge < -0.3 is 19.4 Å². The number of nitrogens with zero attached hydrogens (tertiary/aromatic N) is 2. The second kappa shape index (κ2) is 11.9. The van der Waals surface area contributed by atoms with Crippen LogP contribution >= 0.6 is 0 Å². The molecule has 176 valence electrons. The lowest BCUT2D eigenvalue weighted by Gasteiger charge is -2.17. The normalized spacial score (nSPS) is 17.0. The Balaban J connectivity index is 1.51. The summed E-state index contributed by atoms with van der Waals surface area (Å²) in [5.74, 6) is -4.91. The molecule has 0 aromatic rings. The van der Waals surface area contributed by atoms with E-state index >= 15 is 0 Å². The van der Waals surface area contributed by atoms with Crippen molar-refractivity contribution in [3.05, 3.63) is 0 Å². The summed E-state index contributed by atoms with van der Waals surface area (Å²) < 4.78 is 9.56. The van der Waals surface area contributed by atoms with E-state index in [9.17, 15) is 38.7 Å². The molecule has 32 heavy (non-hydrogen) atoms. The number of hydrogen-bond donors (Lipinski definition) is 1. The van der Waals surface area contributed by atoms with Crippen LogP contribution < -0.4 is 0 Å². The number of esters is 2. The van der Waals surface area contributed by atoms with Gasteiger partial charge in [-0.25, -0.2) is 9.63 Å². The number of rotatable bonds is 12. The highest BCUT2D eigenvalue weighted by Crippen LogP contribution is 2.15. The molecule has 0 spiro atoms. The molecule has 2 aliphatic heterocycles. The van der Waals surface area contributed by atoms with Crippen LogP contribution in [0, 0.1) is 0 Å². The number of hydrogen-bond acceptors (Lipinski definition) is 12. The van der Waals surface area contributed by atoms with Gasteiger partial charge in [0.25, 0.3) is 23.6 Å². The second-order valence-corrected chi connectivity index (χ2v) is 6.67. The molecular weight excluding hydrogens is 436 g/mol. The van der Waals surface area contributed by atoms with Gasteiger partial charge >= 0.3 is 17.9 Å². The van der Waals surface area contributed by atoms with Crippen LogP contribution in [0.4, 0.5) is 0 Å². The molecule has 2 fully saturated rings. The zero-order chi connectivity index (χ0) is 23.7. The van der Waals surface area contributed by atoms with E-state index in [2.05, 4.69) is 4.84 Å². The molecule has 0 saturated carbocycles. The van der Waals surface area contributed by atoms with Crippen LogP contribution in [-0.2, 0) is 52.7 Å². The number of hydroxylamine groups is 4. The first-order valence-electron chi connectivity index (χ1n) is 9.76. The molecule has 0 bridgehead atoms. The lowest BCUT2D eigenvalue weighted by atomic mass is 10.3. The average molecular weight is 458 g/mol. The van der Waals surface area contributed by atoms with E-state index in [4.69, 9.17) is 14.3 Å². The minimum atomic E-state index is -1.56. The summed E-state index contributed by atoms with van der Waals surface area (Å²) in [4.78, 5) is 89.4. The van der Waals surface area contributed by atoms with Crippen LogP contribution in [0.1, 0.15) is 51.4 Å². The highest BCUT2D eigenvalue weighted by Gasteiger charge is 2.33. The quantitative estimate of drug-likeness (QED) is 0.157. The van der Waals surface area contributed by atoms with Gasteiger partial charge in [-0.1, -0.05) is 0 Å². The van der Waals surface area contributed by atoms with Crippen molar-refractivity contribution in [2.24, 2.45) is 0 Å². The van der Waals surface area contributed by atoms with E-state index in [-0.39, 0.29) is 58.2 Å². The van der Waals surface area contributed by atoms with Gasteiger partial charge in [0.1, 0.15) is 13.2 Å². The van der Waals surface area contributed by atoms with E-state index < -0.39 is 54.2 Å². The monoisotopic (exact) mass is 458 g/mol. The summed E-state index contributed by atoms with van der Waals surface area (Å²) in [6, 6.07) is 0. The molecule has 4 amide bonds. The molecular formula is C18H22N2O12. The number of imide groups is 2. The summed E-state index contributed by atoms with van der Waals surface area (Å²) >= 11 is 0. The van der Waals surface area contributed by atoms with Gasteiger partial charge in [0.15, 0.2) is 6.29 Å². The molecule has 2 rings (SSSR count). The van der Waals surface area contributed by atoms with Crippen molar-refractivity contribution >= 4 is 41.5 Å². The molecule has 2 aliphatic rings. The third-order valence-electron chi connectivity index (χ3n) is 4.17. The van der Waals surface area contributed by atoms with Gasteiger partial charge in [-0.05, 0) is 0 Å². The predicted octanol–water partition coefficient (Wildman–Crippen LogP) is -1.36. The maximum atomic E-state index is 11.6. The van der Waals surface area contributed by atoms with Gasteiger partial charge in [-0.15, -0.1) is 5.06 Å². The maximum Gasteiger partial charge on any atom is 0.333 e. The maximum absolute atomic E-state index is 11.6. The second-order valence-electron chi connectivity index (χ2n) is 6.67. The number of aliphatic hydroxyl groups is 1. The lowest BCUT2D eigenvalue weighted by molar-refractivity contribution is -0.245. The van der Waals surface area contributed by atoms with Crippen molar-refractivity contribution in [3.63, 3.8) is 0 Å². The Kier molecular flexibility index (Phi) is 9.22. The van der Waals surface area contributed by atoms with E-state index in [0.29, 0.717) is 10.1 Å². The smallest absolute Gasteiger partial charge is 0.333 e. The molecule has 2 saturated heterocycles. The molecule has 0 aliphatic carbocycles. The molecule has 0 aromatic heterocycles. The van der Waals surface area contributed by atoms with Gasteiger partial charge in [-0.3, -0.25) is 28.8 Å². The predicted molar refractivity (Wildman–Crippen MR) is 95.7 cm³/mol. The molecule has 0 aromatic carbocycles. The largest absolute Gasteiger partial charge is 0.462 e. The Bertz CT molecular complexity index is 763. The SMILES string of the molecule is O=C(CCC(=O)ON1C(=O)CCC1=O)OCCOC(=O)CCC(O)ON1C(=O)CCC1=O. The summed E-state index contributed by atoms with van der Waals surface area (Å²) in [6.07, 6.45) is -2.98. The highest BCUT2D eigenvalue weighted by atomic mass is 16.8. The van der Waals surface area contributed by atoms with Crippen molar-refractivity contribution in [1.29, 1.82) is 0 Å². The standard InChI is InChI=1S/C18H22N2O12/c21-11-1-2-12(22)19(11)31-17(27)7-5-15(25)29-9-10-30-16(26)6-8-18(28)32-20-13(23)3-4-14(20)24/h17,27H,1-10H2. The van der Waals surface area contributed by atoms with Crippen molar-refractivity contribution in [2.75, 3.05) is 13.2 Å². The van der Waals surface area contributed by atoms with E-state index in [0.717, 1.165) is 0 Å². The summed E-state index contributed by atoms with van der Waals surface area (Å²) in [5.41, 5.74) is 0. The van der Waals surface area contributed by atoms with E-state index in [1.165, 1.54) is 0 Å². The minimum absolute atomic E-state index is 0.00864. The molecule has 14 heteroatoms. The van der Waals surface area contributed by atoms with Crippen molar-refractivity contribution in [1.82, 2.24) is 10.1 Å². The fourth-order valence-electron chi connectivity index (χ4n) is 2.55. The zero-order valence-corrected chi connectivity index (χ0v) is 17.0. The van der Waals surface area contributed by atoms with Gasteiger partial charge in [0.05, 0.1) is 19.3 Å². The van der Waals surface area contributed by atoms with Crippen LogP contribution in [0.2, 0.25) is 0 Å². The zero-order valence-electron chi connectivity index (χ0n) is 17.0. The Labute approximate surface area is 181 Å². The topological polar surface area (TPSA) is 183 Å². The van der Waals surface area contributed by atoms with Crippen molar-refractivity contribution in [2.45, 2.75) is 57.7 Å². The molecule has 0 radical (unpaired) electrons. The van der Waals surface area contributed by atoms with Crippen molar-refractivity contribution in [3.8, 4) is 0 Å².